The Balaban J connectivity index is 2.16. The molecule has 0 fully saturated rings. The standard InChI is InChI=1S/C21H27N3O2S/c1-3-4-5-6-7-12-21(2,17-10-8-16(14-22)9-11-17)24-20-23-18(15-27-20)13-19(25)26/h8-11,15H,3-7,12-13H2,1-2H3,(H,23,24)(H,25,26). The topological polar surface area (TPSA) is 86.0 Å². The van der Waals surface area contributed by atoms with Crippen LogP contribution in [0.1, 0.15) is 69.2 Å². The molecule has 2 N–H and O–H groups in total. The number of aliphatic carboxylic acids is 1. The zero-order valence-electron chi connectivity index (χ0n) is 16.0. The van der Waals surface area contributed by atoms with Gasteiger partial charge in [0.2, 0.25) is 0 Å². The van der Waals surface area contributed by atoms with Gasteiger partial charge in [0.1, 0.15) is 0 Å². The number of anilines is 1. The van der Waals surface area contributed by atoms with Crippen molar-refractivity contribution in [2.75, 3.05) is 5.32 Å². The van der Waals surface area contributed by atoms with Crippen LogP contribution in [0.3, 0.4) is 0 Å². The minimum absolute atomic E-state index is 0.0667. The Morgan fingerprint density at radius 3 is 2.59 bits per heavy atom. The van der Waals surface area contributed by atoms with Gasteiger partial charge in [0.15, 0.2) is 5.13 Å². The van der Waals surface area contributed by atoms with Crippen molar-refractivity contribution >= 4 is 22.4 Å². The zero-order chi connectivity index (χ0) is 19.7. The van der Waals surface area contributed by atoms with Crippen molar-refractivity contribution in [2.24, 2.45) is 0 Å². The van der Waals surface area contributed by atoms with Crippen molar-refractivity contribution in [3.8, 4) is 6.07 Å². The van der Waals surface area contributed by atoms with Gasteiger partial charge in [0.25, 0.3) is 0 Å². The fraction of sp³-hybridized carbons (Fsp3) is 0.476. The molecular weight excluding hydrogens is 358 g/mol. The fourth-order valence-corrected chi connectivity index (χ4v) is 3.95. The van der Waals surface area contributed by atoms with Gasteiger partial charge < -0.3 is 10.4 Å². The number of rotatable bonds is 11. The molecule has 0 aliphatic carbocycles. The molecule has 0 saturated carbocycles. The van der Waals surface area contributed by atoms with Crippen molar-refractivity contribution in [1.82, 2.24) is 4.98 Å². The molecule has 0 saturated heterocycles. The predicted molar refractivity (Wildman–Crippen MR) is 109 cm³/mol. The molecule has 0 aliphatic heterocycles. The van der Waals surface area contributed by atoms with Gasteiger partial charge in [0.05, 0.1) is 29.3 Å². The monoisotopic (exact) mass is 385 g/mol. The van der Waals surface area contributed by atoms with Gasteiger partial charge in [-0.3, -0.25) is 4.79 Å². The lowest BCUT2D eigenvalue weighted by Gasteiger charge is -2.31. The molecule has 1 unspecified atom stereocenters. The van der Waals surface area contributed by atoms with E-state index in [4.69, 9.17) is 10.4 Å². The Morgan fingerprint density at radius 1 is 1.26 bits per heavy atom. The van der Waals surface area contributed by atoms with E-state index >= 15 is 0 Å². The Bertz CT molecular complexity index is 779. The summed E-state index contributed by atoms with van der Waals surface area (Å²) in [6, 6.07) is 9.81. The first-order valence-corrected chi connectivity index (χ1v) is 10.3. The molecule has 1 atom stereocenters. The molecule has 0 bridgehead atoms. The highest BCUT2D eigenvalue weighted by atomic mass is 32.1. The van der Waals surface area contributed by atoms with Crippen LogP contribution in [0.2, 0.25) is 0 Å². The molecule has 1 heterocycles. The van der Waals surface area contributed by atoms with Gasteiger partial charge in [-0.25, -0.2) is 4.98 Å². The SMILES string of the molecule is CCCCCCCC(C)(Nc1nc(CC(=O)O)cs1)c1ccc(C#N)cc1. The van der Waals surface area contributed by atoms with E-state index in [2.05, 4.69) is 30.2 Å². The first-order valence-electron chi connectivity index (χ1n) is 9.42. The van der Waals surface area contributed by atoms with Gasteiger partial charge in [-0.1, -0.05) is 51.2 Å². The van der Waals surface area contributed by atoms with Gasteiger partial charge in [-0.05, 0) is 31.0 Å². The van der Waals surface area contributed by atoms with Crippen molar-refractivity contribution in [2.45, 2.75) is 64.3 Å². The number of thiazole rings is 1. The van der Waals surface area contributed by atoms with Crippen molar-refractivity contribution in [3.63, 3.8) is 0 Å². The van der Waals surface area contributed by atoms with E-state index in [0.29, 0.717) is 11.3 Å². The molecule has 0 amide bonds. The molecule has 0 aliphatic rings. The van der Waals surface area contributed by atoms with Gasteiger partial charge in [-0.15, -0.1) is 11.3 Å². The summed E-state index contributed by atoms with van der Waals surface area (Å²) >= 11 is 1.43. The second-order valence-electron chi connectivity index (χ2n) is 7.02. The summed E-state index contributed by atoms with van der Waals surface area (Å²) in [5.74, 6) is -0.877. The number of nitrogens with one attached hydrogen (secondary N) is 1. The zero-order valence-corrected chi connectivity index (χ0v) is 16.8. The van der Waals surface area contributed by atoms with E-state index in [9.17, 15) is 4.79 Å². The smallest absolute Gasteiger partial charge is 0.309 e. The van der Waals surface area contributed by atoms with Gasteiger partial charge >= 0.3 is 5.97 Å². The number of nitrogens with zero attached hydrogens (tertiary/aromatic N) is 2. The number of hydrogen-bond donors (Lipinski definition) is 2. The minimum Gasteiger partial charge on any atom is -0.481 e. The van der Waals surface area contributed by atoms with Crippen LogP contribution in [0, 0.1) is 11.3 Å². The molecule has 2 rings (SSSR count). The third kappa shape index (κ3) is 6.37. The van der Waals surface area contributed by atoms with Crippen molar-refractivity contribution < 1.29 is 9.90 Å². The molecule has 1 aromatic carbocycles. The van der Waals surface area contributed by atoms with Crippen LogP contribution in [0.5, 0.6) is 0 Å². The normalized spacial score (nSPS) is 12.9. The third-order valence-electron chi connectivity index (χ3n) is 4.70. The van der Waals surface area contributed by atoms with Crippen LogP contribution in [0.4, 0.5) is 5.13 Å². The van der Waals surface area contributed by atoms with Crippen LogP contribution in [-0.2, 0) is 16.8 Å². The number of aromatic nitrogens is 1. The van der Waals surface area contributed by atoms with E-state index in [-0.39, 0.29) is 12.0 Å². The highest BCUT2D eigenvalue weighted by Crippen LogP contribution is 2.33. The Hall–Kier alpha value is -2.39. The number of carboxylic acid groups (broad SMARTS) is 1. The van der Waals surface area contributed by atoms with E-state index in [1.54, 1.807) is 5.38 Å². The molecule has 27 heavy (non-hydrogen) atoms. The average molecular weight is 386 g/mol. The number of benzene rings is 1. The molecule has 144 valence electrons. The van der Waals surface area contributed by atoms with Gasteiger partial charge in [0, 0.05) is 5.38 Å². The summed E-state index contributed by atoms with van der Waals surface area (Å²) in [5.41, 5.74) is 1.99. The maximum Gasteiger partial charge on any atom is 0.309 e. The number of nitriles is 1. The maximum absolute atomic E-state index is 10.9. The van der Waals surface area contributed by atoms with Crippen molar-refractivity contribution in [1.29, 1.82) is 5.26 Å². The highest BCUT2D eigenvalue weighted by Gasteiger charge is 2.27. The highest BCUT2D eigenvalue weighted by molar-refractivity contribution is 7.13. The number of carboxylic acids is 1. The number of hydrogen-bond acceptors (Lipinski definition) is 5. The number of unbranched alkanes of at least 4 members (excludes halogenated alkanes) is 4. The maximum atomic E-state index is 10.9. The summed E-state index contributed by atoms with van der Waals surface area (Å²) in [5, 5.41) is 24.0. The largest absolute Gasteiger partial charge is 0.481 e. The van der Waals surface area contributed by atoms with Crippen LogP contribution in [0.15, 0.2) is 29.6 Å². The minimum atomic E-state index is -0.877. The lowest BCUT2D eigenvalue weighted by atomic mass is 9.86. The molecule has 2 aromatic rings. The lowest BCUT2D eigenvalue weighted by molar-refractivity contribution is -0.136. The quantitative estimate of drug-likeness (QED) is 0.511. The summed E-state index contributed by atoms with van der Waals surface area (Å²) in [6.45, 7) is 4.35. The Labute approximate surface area is 165 Å². The van der Waals surface area contributed by atoms with Gasteiger partial charge in [-0.2, -0.15) is 5.26 Å². The Kier molecular flexibility index (Phi) is 7.81. The predicted octanol–water partition coefficient (Wildman–Crippen LogP) is 5.33. The van der Waals surface area contributed by atoms with Crippen LogP contribution >= 0.6 is 11.3 Å². The van der Waals surface area contributed by atoms with Crippen LogP contribution < -0.4 is 5.32 Å². The molecule has 1 aromatic heterocycles. The second kappa shape index (κ2) is 10.1. The van der Waals surface area contributed by atoms with Crippen molar-refractivity contribution in [3.05, 3.63) is 46.5 Å². The lowest BCUT2D eigenvalue weighted by Crippen LogP contribution is -2.32. The summed E-state index contributed by atoms with van der Waals surface area (Å²) in [4.78, 5) is 15.3. The Morgan fingerprint density at radius 2 is 1.96 bits per heavy atom. The average Bonchev–Trinajstić information content (AvgIpc) is 3.07. The molecule has 0 radical (unpaired) electrons. The van der Waals surface area contributed by atoms with E-state index < -0.39 is 5.97 Å². The first kappa shape index (κ1) is 20.9. The van der Waals surface area contributed by atoms with E-state index in [1.807, 2.05) is 24.3 Å². The molecule has 6 heteroatoms. The summed E-state index contributed by atoms with van der Waals surface area (Å²) < 4.78 is 0. The van der Waals surface area contributed by atoms with Crippen LogP contribution in [0.25, 0.3) is 0 Å². The molecular formula is C21H27N3O2S. The number of carbonyl (C=O) groups is 1. The fourth-order valence-electron chi connectivity index (χ4n) is 3.11. The first-order chi connectivity index (χ1) is 13.0. The summed E-state index contributed by atoms with van der Waals surface area (Å²) in [7, 11) is 0. The molecule has 0 spiro atoms. The summed E-state index contributed by atoms with van der Waals surface area (Å²) in [6.07, 6.45) is 6.86. The van der Waals surface area contributed by atoms with E-state index in [1.165, 1.54) is 37.0 Å². The third-order valence-corrected chi connectivity index (χ3v) is 5.50. The second-order valence-corrected chi connectivity index (χ2v) is 7.88. The van der Waals surface area contributed by atoms with Crippen LogP contribution in [-0.4, -0.2) is 16.1 Å². The van der Waals surface area contributed by atoms with E-state index in [0.717, 1.165) is 23.5 Å². The molecule has 5 nitrogen and oxygen atoms in total.